The molecule has 0 saturated carbocycles. The topological polar surface area (TPSA) is 35.6 Å². The zero-order valence-electron chi connectivity index (χ0n) is 16.1. The van der Waals surface area contributed by atoms with Crippen LogP contribution in [0.5, 0.6) is 0 Å². The summed E-state index contributed by atoms with van der Waals surface area (Å²) in [5.41, 5.74) is 5.04. The first-order valence-electron chi connectivity index (χ1n) is 9.48. The molecule has 2 aromatic rings. The van der Waals surface area contributed by atoms with Crippen molar-refractivity contribution >= 4 is 11.6 Å². The number of anilines is 1. The zero-order valence-corrected chi connectivity index (χ0v) is 16.1. The van der Waals surface area contributed by atoms with E-state index < -0.39 is 0 Å². The smallest absolute Gasteiger partial charge is 0.255 e. The highest BCUT2D eigenvalue weighted by atomic mass is 16.1. The Kier molecular flexibility index (Phi) is 6.07. The maximum absolute atomic E-state index is 12.5. The van der Waals surface area contributed by atoms with Crippen LogP contribution in [0.25, 0.3) is 0 Å². The summed E-state index contributed by atoms with van der Waals surface area (Å²) >= 11 is 0. The Morgan fingerprint density at radius 2 is 1.62 bits per heavy atom. The molecule has 0 radical (unpaired) electrons. The Morgan fingerprint density at radius 1 is 0.962 bits per heavy atom. The van der Waals surface area contributed by atoms with E-state index in [1.165, 1.54) is 5.56 Å². The molecule has 26 heavy (non-hydrogen) atoms. The molecule has 2 aromatic carbocycles. The molecule has 1 aliphatic heterocycles. The number of nitrogens with one attached hydrogen (secondary N) is 1. The highest BCUT2D eigenvalue weighted by Crippen LogP contribution is 2.17. The molecule has 3 rings (SSSR count). The zero-order chi connectivity index (χ0) is 18.5. The third kappa shape index (κ3) is 4.51. The van der Waals surface area contributed by atoms with Crippen molar-refractivity contribution in [3.05, 3.63) is 64.7 Å². The summed E-state index contributed by atoms with van der Waals surface area (Å²) in [4.78, 5) is 17.5. The van der Waals surface area contributed by atoms with Gasteiger partial charge in [0, 0.05) is 44.0 Å². The van der Waals surface area contributed by atoms with Crippen LogP contribution in [0.15, 0.2) is 42.5 Å². The van der Waals surface area contributed by atoms with Crippen LogP contribution in [0.1, 0.15) is 34.0 Å². The molecule has 1 N–H and O–H groups in total. The van der Waals surface area contributed by atoms with E-state index in [2.05, 4.69) is 34.2 Å². The van der Waals surface area contributed by atoms with Crippen molar-refractivity contribution in [1.29, 1.82) is 0 Å². The van der Waals surface area contributed by atoms with Gasteiger partial charge < -0.3 is 10.2 Å². The van der Waals surface area contributed by atoms with Gasteiger partial charge in [0.25, 0.3) is 5.91 Å². The molecule has 138 valence electrons. The fraction of sp³-hybridized carbons (Fsp3) is 0.409. The summed E-state index contributed by atoms with van der Waals surface area (Å²) in [6.07, 6.45) is 0. The lowest BCUT2D eigenvalue weighted by Gasteiger charge is -2.34. The predicted molar refractivity (Wildman–Crippen MR) is 108 cm³/mol. The Balaban J connectivity index is 1.58. The summed E-state index contributed by atoms with van der Waals surface area (Å²) in [7, 11) is 0. The van der Waals surface area contributed by atoms with Gasteiger partial charge in [-0.2, -0.15) is 0 Å². The first-order chi connectivity index (χ1) is 12.6. The average Bonchev–Trinajstić information content (AvgIpc) is 2.66. The van der Waals surface area contributed by atoms with Crippen LogP contribution >= 0.6 is 0 Å². The second-order valence-corrected chi connectivity index (χ2v) is 7.11. The highest BCUT2D eigenvalue weighted by Gasteiger charge is 2.15. The number of nitrogens with zero attached hydrogens (tertiary/aromatic N) is 2. The van der Waals surface area contributed by atoms with Gasteiger partial charge in [-0.3, -0.25) is 9.69 Å². The minimum absolute atomic E-state index is 0.0466. The molecular weight excluding hydrogens is 322 g/mol. The van der Waals surface area contributed by atoms with E-state index in [0.717, 1.165) is 61.6 Å². The fourth-order valence-corrected chi connectivity index (χ4v) is 3.41. The normalized spacial score (nSPS) is 15.8. The van der Waals surface area contributed by atoms with Crippen LogP contribution in [0.2, 0.25) is 0 Å². The first-order valence-corrected chi connectivity index (χ1v) is 9.48. The number of hydrogen-bond acceptors (Lipinski definition) is 3. The van der Waals surface area contributed by atoms with Gasteiger partial charge in [-0.15, -0.1) is 0 Å². The second kappa shape index (κ2) is 8.47. The molecule has 0 aliphatic carbocycles. The Hall–Kier alpha value is -2.17. The molecule has 1 amide bonds. The number of aryl methyl sites for hydroxylation is 1. The molecule has 0 bridgehead atoms. The maximum Gasteiger partial charge on any atom is 0.255 e. The van der Waals surface area contributed by atoms with Crippen molar-refractivity contribution < 1.29 is 4.79 Å². The van der Waals surface area contributed by atoms with E-state index in [1.54, 1.807) is 0 Å². The Morgan fingerprint density at radius 3 is 2.27 bits per heavy atom. The number of carbonyl (C=O) groups is 1. The summed E-state index contributed by atoms with van der Waals surface area (Å²) in [6, 6.07) is 14.1. The van der Waals surface area contributed by atoms with Gasteiger partial charge >= 0.3 is 0 Å². The summed E-state index contributed by atoms with van der Waals surface area (Å²) in [6.45, 7) is 12.9. The van der Waals surface area contributed by atoms with Gasteiger partial charge in [0.1, 0.15) is 0 Å². The number of amides is 1. The quantitative estimate of drug-likeness (QED) is 0.892. The SMILES string of the molecule is CCN1CCN(Cc2ccc(NC(=O)c3cccc(C)c3C)cc2)CC1. The number of likely N-dealkylation sites (N-methyl/N-ethyl adjacent to an activating group) is 1. The lowest BCUT2D eigenvalue weighted by molar-refractivity contribution is 0.102. The van der Waals surface area contributed by atoms with Gasteiger partial charge in [-0.1, -0.05) is 31.2 Å². The van der Waals surface area contributed by atoms with Gasteiger partial charge in [0.15, 0.2) is 0 Å². The third-order valence-electron chi connectivity index (χ3n) is 5.38. The molecule has 1 saturated heterocycles. The van der Waals surface area contributed by atoms with Crippen LogP contribution in [-0.4, -0.2) is 48.4 Å². The summed E-state index contributed by atoms with van der Waals surface area (Å²) in [5, 5.41) is 3.01. The number of piperazine rings is 1. The van der Waals surface area contributed by atoms with Crippen LogP contribution in [0.3, 0.4) is 0 Å². The molecule has 1 heterocycles. The van der Waals surface area contributed by atoms with E-state index in [9.17, 15) is 4.79 Å². The lowest BCUT2D eigenvalue weighted by Crippen LogP contribution is -2.45. The van der Waals surface area contributed by atoms with E-state index >= 15 is 0 Å². The second-order valence-electron chi connectivity index (χ2n) is 7.11. The minimum Gasteiger partial charge on any atom is -0.322 e. The van der Waals surface area contributed by atoms with E-state index in [0.29, 0.717) is 0 Å². The predicted octanol–water partition coefficient (Wildman–Crippen LogP) is 3.69. The number of benzene rings is 2. The fourth-order valence-electron chi connectivity index (χ4n) is 3.41. The minimum atomic E-state index is -0.0466. The van der Waals surface area contributed by atoms with Crippen molar-refractivity contribution in [3.63, 3.8) is 0 Å². The Bertz CT molecular complexity index is 746. The summed E-state index contributed by atoms with van der Waals surface area (Å²) < 4.78 is 0. The maximum atomic E-state index is 12.5. The monoisotopic (exact) mass is 351 g/mol. The van der Waals surface area contributed by atoms with Crippen molar-refractivity contribution in [2.45, 2.75) is 27.3 Å². The van der Waals surface area contributed by atoms with Gasteiger partial charge in [0.2, 0.25) is 0 Å². The summed E-state index contributed by atoms with van der Waals surface area (Å²) in [5.74, 6) is -0.0466. The van der Waals surface area contributed by atoms with Crippen LogP contribution in [0.4, 0.5) is 5.69 Å². The molecule has 4 nitrogen and oxygen atoms in total. The largest absolute Gasteiger partial charge is 0.322 e. The van der Waals surface area contributed by atoms with Crippen molar-refractivity contribution in [2.24, 2.45) is 0 Å². The van der Waals surface area contributed by atoms with Gasteiger partial charge in [0.05, 0.1) is 0 Å². The molecule has 0 spiro atoms. The van der Waals surface area contributed by atoms with E-state index in [-0.39, 0.29) is 5.91 Å². The van der Waals surface area contributed by atoms with Crippen LogP contribution in [0, 0.1) is 13.8 Å². The highest BCUT2D eigenvalue weighted by molar-refractivity contribution is 6.05. The lowest BCUT2D eigenvalue weighted by atomic mass is 10.0. The Labute approximate surface area is 156 Å². The number of carbonyl (C=O) groups excluding carboxylic acids is 1. The van der Waals surface area contributed by atoms with E-state index in [4.69, 9.17) is 0 Å². The molecule has 1 fully saturated rings. The van der Waals surface area contributed by atoms with Crippen LogP contribution in [-0.2, 0) is 6.54 Å². The number of rotatable bonds is 5. The molecule has 0 aromatic heterocycles. The average molecular weight is 351 g/mol. The van der Waals surface area contributed by atoms with Crippen molar-refractivity contribution in [3.8, 4) is 0 Å². The molecular formula is C22H29N3O. The molecule has 4 heteroatoms. The molecule has 0 atom stereocenters. The van der Waals surface area contributed by atoms with Crippen LogP contribution < -0.4 is 5.32 Å². The number of hydrogen-bond donors (Lipinski definition) is 1. The van der Waals surface area contributed by atoms with Crippen molar-refractivity contribution in [2.75, 3.05) is 38.0 Å². The van der Waals surface area contributed by atoms with E-state index in [1.807, 2.05) is 44.2 Å². The third-order valence-corrected chi connectivity index (χ3v) is 5.38. The van der Waals surface area contributed by atoms with Gasteiger partial charge in [-0.25, -0.2) is 0 Å². The molecule has 0 unspecified atom stereocenters. The van der Waals surface area contributed by atoms with Gasteiger partial charge in [-0.05, 0) is 55.3 Å². The first kappa shape index (κ1) is 18.6. The molecule has 1 aliphatic rings. The van der Waals surface area contributed by atoms with Crippen molar-refractivity contribution in [1.82, 2.24) is 9.80 Å². The standard InChI is InChI=1S/C22H29N3O/c1-4-24-12-14-25(15-13-24)16-19-8-10-20(11-9-19)23-22(26)21-7-5-6-17(2)18(21)3/h5-11H,4,12-16H2,1-3H3,(H,23,26).